The molecule has 0 fully saturated rings. The van der Waals surface area contributed by atoms with Crippen LogP contribution in [0.5, 0.6) is 0 Å². The van der Waals surface area contributed by atoms with Crippen molar-refractivity contribution in [2.75, 3.05) is 0 Å². The number of pyridine rings is 1. The number of hydrogen-bond donors (Lipinski definition) is 1. The Balaban J connectivity index is 1.95. The van der Waals surface area contributed by atoms with Gasteiger partial charge in [0.25, 0.3) is 0 Å². The van der Waals surface area contributed by atoms with Gasteiger partial charge in [0.15, 0.2) is 5.82 Å². The minimum absolute atomic E-state index is 0.111. The molecule has 0 aliphatic heterocycles. The standard InChI is InChI=1S/C11H15N5/c1-9(12)11-14-8-16(15-11)6-4-10-3-2-5-13-7-10/h2-3,5,7-9H,4,6,12H2,1H3. The minimum Gasteiger partial charge on any atom is -0.321 e. The maximum Gasteiger partial charge on any atom is 0.166 e. The summed E-state index contributed by atoms with van der Waals surface area (Å²) in [5, 5.41) is 4.28. The number of hydrogen-bond acceptors (Lipinski definition) is 4. The lowest BCUT2D eigenvalue weighted by Crippen LogP contribution is -2.09. The van der Waals surface area contributed by atoms with Gasteiger partial charge in [-0.1, -0.05) is 6.07 Å². The monoisotopic (exact) mass is 217 g/mol. The Bertz CT molecular complexity index is 435. The van der Waals surface area contributed by atoms with Crippen LogP contribution in [0.3, 0.4) is 0 Å². The zero-order chi connectivity index (χ0) is 11.4. The van der Waals surface area contributed by atoms with E-state index >= 15 is 0 Å². The first-order valence-electron chi connectivity index (χ1n) is 5.29. The topological polar surface area (TPSA) is 69.6 Å². The summed E-state index contributed by atoms with van der Waals surface area (Å²) >= 11 is 0. The fourth-order valence-corrected chi connectivity index (χ4v) is 1.42. The quantitative estimate of drug-likeness (QED) is 0.827. The summed E-state index contributed by atoms with van der Waals surface area (Å²) in [5.74, 6) is 0.686. The normalized spacial score (nSPS) is 12.6. The minimum atomic E-state index is -0.111. The molecule has 0 aromatic carbocycles. The highest BCUT2D eigenvalue weighted by atomic mass is 15.3. The zero-order valence-corrected chi connectivity index (χ0v) is 9.24. The number of aromatic nitrogens is 4. The van der Waals surface area contributed by atoms with Gasteiger partial charge in [0.1, 0.15) is 6.33 Å². The summed E-state index contributed by atoms with van der Waals surface area (Å²) in [6.45, 7) is 2.67. The fourth-order valence-electron chi connectivity index (χ4n) is 1.42. The van der Waals surface area contributed by atoms with Gasteiger partial charge in [0.2, 0.25) is 0 Å². The fraction of sp³-hybridized carbons (Fsp3) is 0.364. The third-order valence-corrected chi connectivity index (χ3v) is 2.31. The molecule has 5 heteroatoms. The maximum absolute atomic E-state index is 5.69. The molecule has 1 atom stereocenters. The molecular weight excluding hydrogens is 202 g/mol. The van der Waals surface area contributed by atoms with E-state index in [1.165, 1.54) is 5.56 Å². The van der Waals surface area contributed by atoms with Gasteiger partial charge in [-0.2, -0.15) is 5.10 Å². The van der Waals surface area contributed by atoms with Gasteiger partial charge in [-0.25, -0.2) is 4.98 Å². The van der Waals surface area contributed by atoms with Crippen LogP contribution in [-0.4, -0.2) is 19.7 Å². The van der Waals surface area contributed by atoms with Crippen LogP contribution in [0.4, 0.5) is 0 Å². The molecule has 0 aliphatic carbocycles. The Morgan fingerprint density at radius 1 is 1.50 bits per heavy atom. The number of rotatable bonds is 4. The molecule has 1 unspecified atom stereocenters. The molecule has 84 valence electrons. The summed E-state index contributed by atoms with van der Waals surface area (Å²) in [5.41, 5.74) is 6.88. The van der Waals surface area contributed by atoms with Crippen LogP contribution in [0.15, 0.2) is 30.9 Å². The molecule has 2 aromatic rings. The van der Waals surface area contributed by atoms with E-state index < -0.39 is 0 Å². The molecule has 2 heterocycles. The van der Waals surface area contributed by atoms with Crippen LogP contribution in [0.25, 0.3) is 0 Å². The van der Waals surface area contributed by atoms with Crippen LogP contribution in [-0.2, 0) is 13.0 Å². The van der Waals surface area contributed by atoms with E-state index in [1.807, 2.05) is 23.9 Å². The molecule has 5 nitrogen and oxygen atoms in total. The van der Waals surface area contributed by atoms with Gasteiger partial charge in [-0.15, -0.1) is 0 Å². The molecule has 16 heavy (non-hydrogen) atoms. The highest BCUT2D eigenvalue weighted by Gasteiger charge is 2.05. The van der Waals surface area contributed by atoms with E-state index in [0.29, 0.717) is 5.82 Å². The Kier molecular flexibility index (Phi) is 3.26. The van der Waals surface area contributed by atoms with Crippen molar-refractivity contribution in [1.82, 2.24) is 19.7 Å². The summed E-state index contributed by atoms with van der Waals surface area (Å²) in [7, 11) is 0. The van der Waals surface area contributed by atoms with Crippen LogP contribution >= 0.6 is 0 Å². The average molecular weight is 217 g/mol. The SMILES string of the molecule is CC(N)c1ncn(CCc2cccnc2)n1. The summed E-state index contributed by atoms with van der Waals surface area (Å²) in [4.78, 5) is 8.20. The van der Waals surface area contributed by atoms with Crippen molar-refractivity contribution in [3.8, 4) is 0 Å². The Labute approximate surface area is 94.3 Å². The van der Waals surface area contributed by atoms with Crippen molar-refractivity contribution >= 4 is 0 Å². The molecule has 2 aromatic heterocycles. The predicted octanol–water partition coefficient (Wildman–Crippen LogP) is 0.936. The predicted molar refractivity (Wildman–Crippen MR) is 60.6 cm³/mol. The van der Waals surface area contributed by atoms with Crippen molar-refractivity contribution in [2.45, 2.75) is 25.9 Å². The molecule has 0 amide bonds. The van der Waals surface area contributed by atoms with Crippen molar-refractivity contribution in [1.29, 1.82) is 0 Å². The number of nitrogens with zero attached hydrogens (tertiary/aromatic N) is 4. The lowest BCUT2D eigenvalue weighted by atomic mass is 10.2. The van der Waals surface area contributed by atoms with Gasteiger partial charge in [-0.05, 0) is 25.0 Å². The zero-order valence-electron chi connectivity index (χ0n) is 9.24. The highest BCUT2D eigenvalue weighted by molar-refractivity contribution is 5.08. The molecule has 0 radical (unpaired) electrons. The van der Waals surface area contributed by atoms with Crippen LogP contribution < -0.4 is 5.73 Å². The summed E-state index contributed by atoms with van der Waals surface area (Å²) < 4.78 is 1.81. The maximum atomic E-state index is 5.69. The summed E-state index contributed by atoms with van der Waals surface area (Å²) in [6, 6.07) is 3.88. The average Bonchev–Trinajstić information content (AvgIpc) is 2.76. The smallest absolute Gasteiger partial charge is 0.166 e. The Morgan fingerprint density at radius 3 is 3.00 bits per heavy atom. The van der Waals surface area contributed by atoms with Crippen molar-refractivity contribution in [2.24, 2.45) is 5.73 Å². The van der Waals surface area contributed by atoms with E-state index in [1.54, 1.807) is 12.5 Å². The van der Waals surface area contributed by atoms with Crippen LogP contribution in [0.1, 0.15) is 24.4 Å². The van der Waals surface area contributed by atoms with E-state index in [0.717, 1.165) is 13.0 Å². The second-order valence-electron chi connectivity index (χ2n) is 3.77. The molecule has 0 aliphatic rings. The third kappa shape index (κ3) is 2.64. The first-order valence-corrected chi connectivity index (χ1v) is 5.29. The lowest BCUT2D eigenvalue weighted by Gasteiger charge is -2.01. The second-order valence-corrected chi connectivity index (χ2v) is 3.77. The van der Waals surface area contributed by atoms with E-state index in [-0.39, 0.29) is 6.04 Å². The number of nitrogens with two attached hydrogens (primary N) is 1. The third-order valence-electron chi connectivity index (χ3n) is 2.31. The first kappa shape index (κ1) is 10.8. The van der Waals surface area contributed by atoms with Gasteiger partial charge < -0.3 is 5.73 Å². The molecule has 0 spiro atoms. The molecule has 0 bridgehead atoms. The molecule has 2 N–H and O–H groups in total. The van der Waals surface area contributed by atoms with Gasteiger partial charge >= 0.3 is 0 Å². The highest BCUT2D eigenvalue weighted by Crippen LogP contribution is 2.03. The number of aryl methyl sites for hydroxylation is 2. The Hall–Kier alpha value is -1.75. The van der Waals surface area contributed by atoms with E-state index in [4.69, 9.17) is 5.73 Å². The van der Waals surface area contributed by atoms with E-state index in [2.05, 4.69) is 21.1 Å². The Morgan fingerprint density at radius 2 is 2.38 bits per heavy atom. The van der Waals surface area contributed by atoms with Gasteiger partial charge in [0.05, 0.1) is 6.04 Å². The van der Waals surface area contributed by atoms with E-state index in [9.17, 15) is 0 Å². The molecule has 2 rings (SSSR count). The second kappa shape index (κ2) is 4.85. The first-order chi connectivity index (χ1) is 7.75. The summed E-state index contributed by atoms with van der Waals surface area (Å²) in [6.07, 6.45) is 6.25. The largest absolute Gasteiger partial charge is 0.321 e. The molecular formula is C11H15N5. The molecule has 0 saturated heterocycles. The van der Waals surface area contributed by atoms with Gasteiger partial charge in [-0.3, -0.25) is 9.67 Å². The lowest BCUT2D eigenvalue weighted by molar-refractivity contribution is 0.594. The van der Waals surface area contributed by atoms with Crippen LogP contribution in [0.2, 0.25) is 0 Å². The van der Waals surface area contributed by atoms with Crippen LogP contribution in [0, 0.1) is 0 Å². The van der Waals surface area contributed by atoms with Gasteiger partial charge in [0, 0.05) is 18.9 Å². The van der Waals surface area contributed by atoms with Crippen molar-refractivity contribution < 1.29 is 0 Å². The molecule has 0 saturated carbocycles. The van der Waals surface area contributed by atoms with Crippen molar-refractivity contribution in [3.05, 3.63) is 42.2 Å². The van der Waals surface area contributed by atoms with Crippen molar-refractivity contribution in [3.63, 3.8) is 0 Å².